The minimum atomic E-state index is -1.24. The van der Waals surface area contributed by atoms with E-state index in [0.29, 0.717) is 12.7 Å². The number of carbonyl (C=O) groups excluding carboxylic acids is 1. The Morgan fingerprint density at radius 1 is 1.35 bits per heavy atom. The van der Waals surface area contributed by atoms with E-state index in [-0.39, 0.29) is 5.97 Å². The summed E-state index contributed by atoms with van der Waals surface area (Å²) in [5.74, 6) is 1.30. The molecule has 1 rings (SSSR count). The van der Waals surface area contributed by atoms with Crippen LogP contribution in [-0.4, -0.2) is 31.3 Å². The monoisotopic (exact) mass is 292 g/mol. The van der Waals surface area contributed by atoms with Crippen molar-refractivity contribution in [2.24, 2.45) is 0 Å². The minimum Gasteiger partial charge on any atom is -0.469 e. The molecule has 2 nitrogen and oxygen atoms in total. The summed E-state index contributed by atoms with van der Waals surface area (Å²) < 4.78 is 5.29. The van der Waals surface area contributed by atoms with Gasteiger partial charge in [-0.3, -0.25) is 4.79 Å². The van der Waals surface area contributed by atoms with Gasteiger partial charge in [-0.15, -0.1) is 0 Å². The predicted molar refractivity (Wildman–Crippen MR) is 81.2 cm³/mol. The van der Waals surface area contributed by atoms with Crippen molar-refractivity contribution in [1.29, 1.82) is 0 Å². The summed E-state index contributed by atoms with van der Waals surface area (Å²) in [4.78, 5) is 11.5. The Kier molecular flexibility index (Phi) is 7.03. The Labute approximate surface area is 114 Å². The number of unbranched alkanes of at least 4 members (excludes halogenated alkanes) is 1. The molecular weight excluding hydrogens is 268 g/mol. The molecule has 0 N–H and O–H groups in total. The van der Waals surface area contributed by atoms with Gasteiger partial charge in [0.2, 0.25) is 0 Å². The van der Waals surface area contributed by atoms with Gasteiger partial charge in [0.15, 0.2) is 0 Å². The second-order valence-corrected chi connectivity index (χ2v) is 14.0. The molecule has 1 atom stereocenters. The van der Waals surface area contributed by atoms with Crippen molar-refractivity contribution in [1.82, 2.24) is 0 Å². The van der Waals surface area contributed by atoms with Gasteiger partial charge < -0.3 is 4.74 Å². The molecule has 17 heavy (non-hydrogen) atoms. The molecule has 0 bridgehead atoms. The molecule has 0 spiro atoms. The molecule has 1 aliphatic rings. The van der Waals surface area contributed by atoms with Crippen LogP contribution in [0.3, 0.4) is 0 Å². The van der Waals surface area contributed by atoms with Crippen molar-refractivity contribution >= 4 is 35.6 Å². The first-order valence-corrected chi connectivity index (χ1v) is 12.5. The number of esters is 1. The summed E-state index contributed by atoms with van der Waals surface area (Å²) in [5.41, 5.74) is 0. The molecule has 0 aliphatic carbocycles. The highest BCUT2D eigenvalue weighted by atomic mass is 33.1. The van der Waals surface area contributed by atoms with Gasteiger partial charge in [-0.2, -0.15) is 0 Å². The largest absolute Gasteiger partial charge is 0.469 e. The van der Waals surface area contributed by atoms with E-state index >= 15 is 0 Å². The van der Waals surface area contributed by atoms with Gasteiger partial charge in [0.05, 0.1) is 14.3 Å². The lowest BCUT2D eigenvalue weighted by molar-refractivity contribution is -0.142. The van der Waals surface area contributed by atoms with Crippen molar-refractivity contribution in [3.63, 3.8) is 0 Å². The summed E-state index contributed by atoms with van der Waals surface area (Å²) in [5, 5.41) is 0.831. The van der Waals surface area contributed by atoms with Gasteiger partial charge in [-0.05, 0) is 19.3 Å². The summed E-state index contributed by atoms with van der Waals surface area (Å²) in [6, 6.07) is 0. The lowest BCUT2D eigenvalue weighted by atomic mass is 10.1. The maximum absolute atomic E-state index is 11.5. The fraction of sp³-hybridized carbons (Fsp3) is 0.917. The van der Waals surface area contributed by atoms with Crippen molar-refractivity contribution in [2.75, 3.05) is 12.0 Å². The zero-order valence-electron chi connectivity index (χ0n) is 11.2. The Hall–Kier alpha value is 0.387. The van der Waals surface area contributed by atoms with E-state index in [2.05, 4.69) is 19.6 Å². The van der Waals surface area contributed by atoms with Gasteiger partial charge in [-0.25, -0.2) is 0 Å². The summed E-state index contributed by atoms with van der Waals surface area (Å²) >= 11 is 0. The zero-order chi connectivity index (χ0) is 12.7. The number of hydrogen-bond acceptors (Lipinski definition) is 4. The molecule has 0 radical (unpaired) electrons. The van der Waals surface area contributed by atoms with Crippen LogP contribution in [0.1, 0.15) is 32.1 Å². The smallest absolute Gasteiger partial charge is 0.305 e. The molecule has 0 amide bonds. The van der Waals surface area contributed by atoms with Crippen LogP contribution in [-0.2, 0) is 9.53 Å². The number of hydrogen-bond donors (Lipinski definition) is 0. The van der Waals surface area contributed by atoms with Gasteiger partial charge in [-0.1, -0.05) is 47.6 Å². The van der Waals surface area contributed by atoms with Crippen LogP contribution < -0.4 is 0 Å². The average Bonchev–Trinajstić information content (AvgIpc) is 2.73. The number of carbonyl (C=O) groups is 1. The first-order valence-electron chi connectivity index (χ1n) is 6.41. The van der Waals surface area contributed by atoms with Crippen LogP contribution in [0.5, 0.6) is 0 Å². The Bertz CT molecular complexity index is 235. The summed E-state index contributed by atoms with van der Waals surface area (Å²) in [6.45, 7) is 6.65. The molecule has 1 aliphatic heterocycles. The van der Waals surface area contributed by atoms with Crippen molar-refractivity contribution in [3.8, 4) is 0 Å². The molecule has 1 fully saturated rings. The third-order valence-electron chi connectivity index (χ3n) is 2.55. The van der Waals surface area contributed by atoms with Crippen LogP contribution >= 0.6 is 21.6 Å². The fourth-order valence-electron chi connectivity index (χ4n) is 1.57. The molecular formula is C12H24O2S2Si. The molecule has 0 saturated carbocycles. The van der Waals surface area contributed by atoms with Crippen LogP contribution in [0.25, 0.3) is 0 Å². The highest BCUT2D eigenvalue weighted by Crippen LogP contribution is 2.39. The standard InChI is InChI=1S/C12H24O2S2Si/c1-17(2,3)10-14-12(13)7-5-4-6-11-8-9-15-16-11/h11H,4-10H2,1-3H3. The first kappa shape index (κ1) is 15.4. The van der Waals surface area contributed by atoms with E-state index in [1.54, 1.807) is 0 Å². The third kappa shape index (κ3) is 8.16. The van der Waals surface area contributed by atoms with Crippen LogP contribution in [0.4, 0.5) is 0 Å². The molecule has 1 heterocycles. The van der Waals surface area contributed by atoms with E-state index in [0.717, 1.165) is 11.7 Å². The summed E-state index contributed by atoms with van der Waals surface area (Å²) in [6.07, 6.45) is 6.04. The predicted octanol–water partition coefficient (Wildman–Crippen LogP) is 4.12. The quantitative estimate of drug-likeness (QED) is 0.305. The van der Waals surface area contributed by atoms with E-state index in [1.165, 1.54) is 25.0 Å². The molecule has 100 valence electrons. The Morgan fingerprint density at radius 2 is 2.12 bits per heavy atom. The maximum atomic E-state index is 11.5. The SMILES string of the molecule is C[Si](C)(C)COC(=O)CCCCC1CCSS1. The van der Waals surface area contributed by atoms with Gasteiger partial charge in [0.25, 0.3) is 0 Å². The topological polar surface area (TPSA) is 26.3 Å². The van der Waals surface area contributed by atoms with Gasteiger partial charge in [0, 0.05) is 17.4 Å². The molecule has 0 aromatic carbocycles. The number of ether oxygens (including phenoxy) is 1. The molecule has 0 aromatic rings. The van der Waals surface area contributed by atoms with Gasteiger partial charge in [0.1, 0.15) is 0 Å². The average molecular weight is 293 g/mol. The van der Waals surface area contributed by atoms with Gasteiger partial charge >= 0.3 is 5.97 Å². The van der Waals surface area contributed by atoms with Crippen molar-refractivity contribution < 1.29 is 9.53 Å². The minimum absolute atomic E-state index is 0.000810. The van der Waals surface area contributed by atoms with Crippen molar-refractivity contribution in [2.45, 2.75) is 57.0 Å². The second-order valence-electron chi connectivity index (χ2n) is 5.80. The lowest BCUT2D eigenvalue weighted by Crippen LogP contribution is -2.29. The van der Waals surface area contributed by atoms with E-state index in [1.807, 2.05) is 21.6 Å². The van der Waals surface area contributed by atoms with Crippen LogP contribution in [0, 0.1) is 0 Å². The molecule has 1 unspecified atom stereocenters. The Balaban J connectivity index is 1.96. The molecule has 1 saturated heterocycles. The zero-order valence-corrected chi connectivity index (χ0v) is 13.8. The molecule has 5 heteroatoms. The van der Waals surface area contributed by atoms with E-state index < -0.39 is 8.07 Å². The fourth-order valence-corrected chi connectivity index (χ4v) is 5.20. The molecule has 0 aromatic heterocycles. The highest BCUT2D eigenvalue weighted by molar-refractivity contribution is 8.77. The lowest BCUT2D eigenvalue weighted by Gasteiger charge is -2.15. The normalized spacial score (nSPS) is 20.5. The number of rotatable bonds is 7. The Morgan fingerprint density at radius 3 is 2.71 bits per heavy atom. The maximum Gasteiger partial charge on any atom is 0.305 e. The van der Waals surface area contributed by atoms with E-state index in [9.17, 15) is 4.79 Å². The first-order chi connectivity index (χ1) is 7.97. The van der Waals surface area contributed by atoms with Crippen LogP contribution in [0.15, 0.2) is 0 Å². The van der Waals surface area contributed by atoms with E-state index in [4.69, 9.17) is 4.74 Å². The third-order valence-corrected chi connectivity index (χ3v) is 6.57. The summed E-state index contributed by atoms with van der Waals surface area (Å²) in [7, 11) is 2.77. The second kappa shape index (κ2) is 7.74. The highest BCUT2D eigenvalue weighted by Gasteiger charge is 2.17. The van der Waals surface area contributed by atoms with Crippen molar-refractivity contribution in [3.05, 3.63) is 0 Å². The van der Waals surface area contributed by atoms with Crippen LogP contribution in [0.2, 0.25) is 19.6 Å².